The predicted octanol–water partition coefficient (Wildman–Crippen LogP) is 6.36. The van der Waals surface area contributed by atoms with Crippen LogP contribution in [0.1, 0.15) is 100 Å². The van der Waals surface area contributed by atoms with Crippen LogP contribution in [0.3, 0.4) is 0 Å². The van der Waals surface area contributed by atoms with Crippen molar-refractivity contribution in [2.75, 3.05) is 6.54 Å². The summed E-state index contributed by atoms with van der Waals surface area (Å²) in [6, 6.07) is 19.0. The van der Waals surface area contributed by atoms with Gasteiger partial charge in [0.25, 0.3) is 11.8 Å². The smallest absolute Gasteiger partial charge is 0.275 e. The summed E-state index contributed by atoms with van der Waals surface area (Å²) in [7, 11) is 0. The quantitative estimate of drug-likeness (QED) is 0.0613. The van der Waals surface area contributed by atoms with E-state index in [1.807, 2.05) is 48.5 Å². The fourth-order valence-corrected chi connectivity index (χ4v) is 7.23. The first-order valence-electron chi connectivity index (χ1n) is 16.8. The third-order valence-electron chi connectivity index (χ3n) is 9.74. The first kappa shape index (κ1) is 35.0. The average Bonchev–Trinajstić information content (AvgIpc) is 3.34. The van der Waals surface area contributed by atoms with Gasteiger partial charge >= 0.3 is 0 Å². The van der Waals surface area contributed by atoms with Gasteiger partial charge in [-0.25, -0.2) is 16.4 Å². The fraction of sp³-hybridized carbons (Fsp3) is 0.432. The second-order valence-electron chi connectivity index (χ2n) is 13.9. The molecule has 1 aliphatic heterocycles. The number of halogens is 1. The van der Waals surface area contributed by atoms with Crippen molar-refractivity contribution in [3.05, 3.63) is 88.7 Å². The van der Waals surface area contributed by atoms with Crippen LogP contribution in [0, 0.1) is 11.3 Å². The van der Waals surface area contributed by atoms with E-state index in [4.69, 9.17) is 28.2 Å². The van der Waals surface area contributed by atoms with Crippen LogP contribution in [-0.4, -0.2) is 45.5 Å². The number of carbonyl (C=O) groups excluding carboxylic acids is 2. The highest BCUT2D eigenvalue weighted by atomic mass is 35.5. The number of amides is 2. The van der Waals surface area contributed by atoms with E-state index in [-0.39, 0.29) is 35.7 Å². The van der Waals surface area contributed by atoms with Gasteiger partial charge in [-0.15, -0.1) is 0 Å². The first-order valence-corrected chi connectivity index (χ1v) is 17.1. The lowest BCUT2D eigenvalue weighted by atomic mass is 9.69. The van der Waals surface area contributed by atoms with Crippen molar-refractivity contribution in [1.29, 1.82) is 0 Å². The van der Waals surface area contributed by atoms with Crippen molar-refractivity contribution in [3.8, 4) is 11.1 Å². The Balaban J connectivity index is 1.51. The lowest BCUT2D eigenvalue weighted by Gasteiger charge is -2.47. The van der Waals surface area contributed by atoms with Gasteiger partial charge in [0, 0.05) is 17.3 Å². The molecule has 5 rings (SSSR count). The second-order valence-corrected chi connectivity index (χ2v) is 14.3. The number of nitrogens with two attached hydrogens (primary N) is 2. The van der Waals surface area contributed by atoms with Gasteiger partial charge in [0.05, 0.1) is 12.6 Å². The number of amidine groups is 1. The van der Waals surface area contributed by atoms with Gasteiger partial charge in [-0.3, -0.25) is 14.6 Å². The number of hydrogen-bond donors (Lipinski definition) is 4. The van der Waals surface area contributed by atoms with Gasteiger partial charge < -0.3 is 16.0 Å². The zero-order valence-electron chi connectivity index (χ0n) is 28.3. The normalized spacial score (nSPS) is 20.5. The van der Waals surface area contributed by atoms with E-state index < -0.39 is 5.66 Å². The van der Waals surface area contributed by atoms with E-state index in [1.165, 1.54) is 0 Å². The van der Waals surface area contributed by atoms with Crippen LogP contribution in [-0.2, 0) is 4.79 Å². The SMILES string of the molecule is CCCC[C@H](c1ccc(C(=O)NCC(N)=NNN)cc1)N1C(=O)C(c2cccc(-c3ccnc(Cl)c3)c2)=NC12CCC(C(C)(C)C)CC2. The monoisotopic (exact) mass is 670 g/mol. The minimum Gasteiger partial charge on any atom is -0.384 e. The van der Waals surface area contributed by atoms with Gasteiger partial charge in [-0.05, 0) is 90.5 Å². The molecule has 1 atom stereocenters. The van der Waals surface area contributed by atoms with Crippen LogP contribution >= 0.6 is 11.6 Å². The van der Waals surface area contributed by atoms with E-state index in [9.17, 15) is 9.59 Å². The Bertz CT molecular complexity index is 1670. The minimum absolute atomic E-state index is 0.0553. The lowest BCUT2D eigenvalue weighted by Crippen LogP contribution is -2.51. The Morgan fingerprint density at radius 2 is 1.77 bits per heavy atom. The summed E-state index contributed by atoms with van der Waals surface area (Å²) in [5, 5.41) is 6.83. The number of rotatable bonds is 11. The molecule has 48 heavy (non-hydrogen) atoms. The molecule has 0 saturated heterocycles. The number of hydrazone groups is 1. The maximum Gasteiger partial charge on any atom is 0.275 e. The lowest BCUT2D eigenvalue weighted by molar-refractivity contribution is -0.133. The maximum absolute atomic E-state index is 14.8. The molecule has 2 aromatic carbocycles. The molecular weight excluding hydrogens is 624 g/mol. The topological polar surface area (TPSA) is 151 Å². The molecule has 254 valence electrons. The molecule has 0 unspecified atom stereocenters. The van der Waals surface area contributed by atoms with Crippen LogP contribution in [0.25, 0.3) is 11.1 Å². The van der Waals surface area contributed by atoms with Crippen molar-refractivity contribution < 1.29 is 9.59 Å². The summed E-state index contributed by atoms with van der Waals surface area (Å²) >= 11 is 6.21. The van der Waals surface area contributed by atoms with Gasteiger partial charge in [-0.2, -0.15) is 5.10 Å². The summed E-state index contributed by atoms with van der Waals surface area (Å²) in [6.07, 6.45) is 7.98. The Kier molecular flexibility index (Phi) is 10.9. The highest BCUT2D eigenvalue weighted by molar-refractivity contribution is 6.47. The molecule has 1 saturated carbocycles. The van der Waals surface area contributed by atoms with Crippen molar-refractivity contribution in [3.63, 3.8) is 0 Å². The van der Waals surface area contributed by atoms with Crippen molar-refractivity contribution in [2.24, 2.45) is 33.0 Å². The molecule has 10 nitrogen and oxygen atoms in total. The second kappa shape index (κ2) is 14.9. The fourth-order valence-electron chi connectivity index (χ4n) is 7.05. The zero-order valence-corrected chi connectivity index (χ0v) is 29.1. The molecule has 1 aromatic heterocycles. The number of hydrazine groups is 1. The van der Waals surface area contributed by atoms with E-state index in [1.54, 1.807) is 18.3 Å². The van der Waals surface area contributed by atoms with E-state index >= 15 is 0 Å². The van der Waals surface area contributed by atoms with Crippen LogP contribution in [0.4, 0.5) is 0 Å². The maximum atomic E-state index is 14.8. The third kappa shape index (κ3) is 7.71. The zero-order chi connectivity index (χ0) is 34.5. The highest BCUT2D eigenvalue weighted by Crippen LogP contribution is 2.50. The molecule has 3 aromatic rings. The molecular formula is C37H47ClN8O2. The number of aromatic nitrogens is 1. The highest BCUT2D eigenvalue weighted by Gasteiger charge is 2.52. The van der Waals surface area contributed by atoms with Gasteiger partial charge in [0.15, 0.2) is 0 Å². The van der Waals surface area contributed by atoms with Crippen molar-refractivity contribution >= 4 is 35.0 Å². The molecule has 1 spiro atoms. The molecule has 11 heteroatoms. The number of nitrogens with zero attached hydrogens (tertiary/aromatic N) is 4. The van der Waals surface area contributed by atoms with E-state index in [0.29, 0.717) is 22.3 Å². The van der Waals surface area contributed by atoms with Gasteiger partial charge in [-0.1, -0.05) is 82.5 Å². The molecule has 0 bridgehead atoms. The summed E-state index contributed by atoms with van der Waals surface area (Å²) in [4.78, 5) is 39.2. The predicted molar refractivity (Wildman–Crippen MR) is 192 cm³/mol. The minimum atomic E-state index is -0.646. The molecule has 2 aliphatic rings. The Hall–Kier alpha value is -4.28. The largest absolute Gasteiger partial charge is 0.384 e. The molecule has 1 fully saturated rings. The number of pyridine rings is 1. The number of unbranched alkanes of at least 4 members (excludes halogenated alkanes) is 1. The average molecular weight is 671 g/mol. The van der Waals surface area contributed by atoms with Gasteiger partial charge in [0.2, 0.25) is 0 Å². The number of aliphatic imine (C=N–C) groups is 1. The Morgan fingerprint density at radius 3 is 2.42 bits per heavy atom. The van der Waals surface area contributed by atoms with Crippen molar-refractivity contribution in [1.82, 2.24) is 20.7 Å². The van der Waals surface area contributed by atoms with Crippen LogP contribution in [0.5, 0.6) is 0 Å². The number of carbonyl (C=O) groups is 2. The Morgan fingerprint density at radius 1 is 1.08 bits per heavy atom. The van der Waals surface area contributed by atoms with Crippen LogP contribution in [0.2, 0.25) is 5.15 Å². The van der Waals surface area contributed by atoms with E-state index in [0.717, 1.165) is 67.2 Å². The number of benzene rings is 2. The Labute approximate surface area is 288 Å². The molecule has 0 radical (unpaired) electrons. The first-order chi connectivity index (χ1) is 23.0. The van der Waals surface area contributed by atoms with Crippen molar-refractivity contribution in [2.45, 2.75) is 84.3 Å². The number of hydrogen-bond acceptors (Lipinski definition) is 7. The molecule has 1 aliphatic carbocycles. The van der Waals surface area contributed by atoms with E-state index in [2.05, 4.69) is 53.5 Å². The van der Waals surface area contributed by atoms with Gasteiger partial charge in [0.1, 0.15) is 22.4 Å². The molecule has 6 N–H and O–H groups in total. The van der Waals surface area contributed by atoms with Crippen LogP contribution in [0.15, 0.2) is 77.0 Å². The summed E-state index contributed by atoms with van der Waals surface area (Å²) < 4.78 is 0. The number of nitrogens with one attached hydrogen (secondary N) is 2. The summed E-state index contributed by atoms with van der Waals surface area (Å²) in [5.41, 5.74) is 12.0. The third-order valence-corrected chi connectivity index (χ3v) is 9.94. The molecule has 2 amide bonds. The van der Waals surface area contributed by atoms with Crippen LogP contribution < -0.4 is 22.4 Å². The summed E-state index contributed by atoms with van der Waals surface area (Å²) in [6.45, 7) is 9.12. The standard InChI is InChI=1S/C37H47ClN8O2/c1-5-6-10-30(24-11-13-25(14-12-24)34(47)42-23-32(39)44-45-40)46-35(48)33(43-37(46)18-15-29(16-19-37)36(2,3)4)28-9-7-8-26(21-28)27-17-20-41-31(38)22-27/h7-9,11-14,17,20-22,29-30,45H,5-6,10,15-16,18-19,23,40H2,1-4H3,(H2,39,44)(H,42,47)/t29?,30-,37?/m1/s1. The summed E-state index contributed by atoms with van der Waals surface area (Å²) in [5.74, 6) is 5.54. The molecule has 2 heterocycles.